The van der Waals surface area contributed by atoms with Crippen molar-refractivity contribution in [3.8, 4) is 0 Å². The first-order chi connectivity index (χ1) is 49.9. The number of alkyl halides is 9. The number of hydrogen-bond donors (Lipinski definition) is 2. The fraction of sp³-hybridized carbons (Fsp3) is 0.930. The molecular formula is C86H157F9N6O12. The van der Waals surface area contributed by atoms with Gasteiger partial charge in [-0.3, -0.25) is 38.8 Å². The van der Waals surface area contributed by atoms with Crippen molar-refractivity contribution in [2.75, 3.05) is 28.2 Å². The van der Waals surface area contributed by atoms with Crippen LogP contribution in [0.3, 0.4) is 0 Å². The molecule has 6 rings (SSSR count). The van der Waals surface area contributed by atoms with Crippen LogP contribution in [0.5, 0.6) is 0 Å². The summed E-state index contributed by atoms with van der Waals surface area (Å²) < 4.78 is 148. The number of nitrogens with one attached hydrogen (secondary N) is 2. The van der Waals surface area contributed by atoms with E-state index in [0.29, 0.717) is 70.6 Å². The standard InChI is InChI=1S/C16H31NO2.C15H25F4NO2.C15H29NO2.C14H25F2NO2.C13H22F3NO2.C13H25NO2/c1-14(2,3)11-13(18)19-12-9-15(4,5)17(8)16(6,7)10-12;1-12(2)7-10(8-13(3,4)20(12)6)22-11(21)15(18,19)9-14(5,16)17;1-11(2)8-13(17)18-12-9-14(3,4)16(7)15(5,6)10-12;1-7-14(15,16)11(18)19-10-8-12(2,3)17(6)13(4,5)9-10;1-8(13(14,15)16)10(18)19-9-6-11(2,3)17-12(4,5)7-9;1-6-7-11(15)16-10-8-12(2,3)14-13(4,5)9-10/h12H,9-11H2,1-8H3;10H,7-9H2,1-6H3;11-12H,8-10H2,1-7H3;10H,7-9H2,1-6H3;8-9,17H,6-7H2,1-5H3;10,14H,6-9H2,1-5H3. The molecule has 0 amide bonds. The van der Waals surface area contributed by atoms with Gasteiger partial charge in [0.15, 0.2) is 0 Å². The maximum Gasteiger partial charge on any atom is 0.401 e. The third-order valence-electron chi connectivity index (χ3n) is 23.2. The average molecular weight is 1640 g/mol. The topological polar surface area (TPSA) is 195 Å². The number of ether oxygens (including phenoxy) is 6. The molecule has 0 aromatic rings. The number of carbonyl (C=O) groups excluding carboxylic acids is 6. The number of likely N-dealkylation sites (tertiary alicyclic amines) is 4. The van der Waals surface area contributed by atoms with Gasteiger partial charge in [-0.2, -0.15) is 30.7 Å². The molecule has 1 atom stereocenters. The molecule has 6 aliphatic rings. The van der Waals surface area contributed by atoms with Crippen molar-refractivity contribution in [3.63, 3.8) is 0 Å². The number of nitrogens with zero attached hydrogens (tertiary/aromatic N) is 4. The molecular weight excluding hydrogens is 1480 g/mol. The molecule has 0 aliphatic carbocycles. The highest BCUT2D eigenvalue weighted by Gasteiger charge is 2.54. The van der Waals surface area contributed by atoms with Crippen molar-refractivity contribution in [1.29, 1.82) is 0 Å². The Labute approximate surface area is 676 Å². The van der Waals surface area contributed by atoms with E-state index >= 15 is 0 Å². The summed E-state index contributed by atoms with van der Waals surface area (Å²) in [6.07, 6.45) is 2.31. The molecule has 0 radical (unpaired) electrons. The van der Waals surface area contributed by atoms with E-state index in [2.05, 4.69) is 148 Å². The Balaban J connectivity index is 0.000000679. The minimum absolute atomic E-state index is 0.00637. The first kappa shape index (κ1) is 107. The lowest BCUT2D eigenvalue weighted by molar-refractivity contribution is -0.199. The van der Waals surface area contributed by atoms with Gasteiger partial charge in [-0.15, -0.1) is 0 Å². The molecule has 18 nitrogen and oxygen atoms in total. The van der Waals surface area contributed by atoms with Crippen LogP contribution in [0.15, 0.2) is 0 Å². The van der Waals surface area contributed by atoms with Gasteiger partial charge in [0.05, 0.1) is 12.8 Å². The van der Waals surface area contributed by atoms with Gasteiger partial charge < -0.3 is 39.1 Å². The normalized spacial score (nSPS) is 24.1. The molecule has 2 N–H and O–H groups in total. The summed E-state index contributed by atoms with van der Waals surface area (Å²) >= 11 is 0. The van der Waals surface area contributed by atoms with Crippen LogP contribution >= 0.6 is 0 Å². The molecule has 6 saturated heterocycles. The number of rotatable bonds is 17. The van der Waals surface area contributed by atoms with Gasteiger partial charge in [0.25, 0.3) is 5.92 Å². The largest absolute Gasteiger partial charge is 0.462 e. The summed E-state index contributed by atoms with van der Waals surface area (Å²) in [4.78, 5) is 79.0. The lowest BCUT2D eigenvalue weighted by atomic mass is 9.78. The molecule has 113 heavy (non-hydrogen) atoms. The quantitative estimate of drug-likeness (QED) is 0.0792. The van der Waals surface area contributed by atoms with Gasteiger partial charge in [0.1, 0.15) is 42.5 Å². The molecule has 6 aliphatic heterocycles. The third-order valence-corrected chi connectivity index (χ3v) is 23.2. The Morgan fingerprint density at radius 2 is 0.619 bits per heavy atom. The highest BCUT2D eigenvalue weighted by Crippen LogP contribution is 2.44. The van der Waals surface area contributed by atoms with Gasteiger partial charge in [-0.25, -0.2) is 18.4 Å². The Morgan fingerprint density at radius 1 is 0.372 bits per heavy atom. The Morgan fingerprint density at radius 3 is 0.867 bits per heavy atom. The fourth-order valence-electron chi connectivity index (χ4n) is 17.2. The number of carbonyl (C=O) groups is 6. The van der Waals surface area contributed by atoms with Crippen molar-refractivity contribution >= 4 is 35.8 Å². The SMILES string of the molecule is CC(C(=O)OC1CC(C)(C)NC(C)(C)C1)C(F)(F)F.CC(C)CC(=O)OC1CC(C)(C)N(C)C(C)(C)C1.CCC(F)(F)C(=O)OC1CC(C)(C)N(C)C(C)(C)C1.CCCC(=O)OC1CC(C)(C)NC(C)(C)C1.CN1C(C)(C)CC(OC(=O)C(F)(F)CC(C)(F)F)CC1(C)C.CN1C(C)(C)CC(OC(=O)CC(C)(C)C)CC1(C)C. The number of hydrogen-bond acceptors (Lipinski definition) is 18. The molecule has 666 valence electrons. The maximum atomic E-state index is 13.6. The van der Waals surface area contributed by atoms with Crippen LogP contribution in [0.25, 0.3) is 0 Å². The average Bonchev–Trinajstić information content (AvgIpc) is 0.784. The maximum absolute atomic E-state index is 13.6. The molecule has 0 bridgehead atoms. The van der Waals surface area contributed by atoms with Crippen LogP contribution in [0, 0.1) is 17.3 Å². The zero-order valence-corrected chi connectivity index (χ0v) is 76.9. The Hall–Kier alpha value is -4.05. The van der Waals surface area contributed by atoms with E-state index in [0.717, 1.165) is 51.9 Å². The van der Waals surface area contributed by atoms with Gasteiger partial charge in [-0.05, 0) is 226 Å². The van der Waals surface area contributed by atoms with E-state index in [1.165, 1.54) is 6.92 Å². The summed E-state index contributed by atoms with van der Waals surface area (Å²) in [5.74, 6) is -17.5. The predicted octanol–water partition coefficient (Wildman–Crippen LogP) is 19.6. The first-order valence-electron chi connectivity index (χ1n) is 40.9. The minimum Gasteiger partial charge on any atom is -0.462 e. The summed E-state index contributed by atoms with van der Waals surface area (Å²) in [5, 5.41) is 6.96. The lowest BCUT2D eigenvalue weighted by Gasteiger charge is -2.53. The molecule has 6 heterocycles. The summed E-state index contributed by atoms with van der Waals surface area (Å²) in [6, 6.07) is 0. The second-order valence-electron chi connectivity index (χ2n) is 42.8. The Bertz CT molecular complexity index is 2970. The van der Waals surface area contributed by atoms with Crippen LogP contribution in [0.4, 0.5) is 39.5 Å². The summed E-state index contributed by atoms with van der Waals surface area (Å²) in [6.45, 7) is 64.8. The zero-order valence-electron chi connectivity index (χ0n) is 76.9. The van der Waals surface area contributed by atoms with Gasteiger partial charge in [0.2, 0.25) is 0 Å². The molecule has 27 heteroatoms. The second-order valence-corrected chi connectivity index (χ2v) is 42.8. The van der Waals surface area contributed by atoms with Crippen molar-refractivity contribution in [3.05, 3.63) is 0 Å². The highest BCUT2D eigenvalue weighted by molar-refractivity contribution is 5.78. The highest BCUT2D eigenvalue weighted by atomic mass is 19.4. The van der Waals surface area contributed by atoms with Crippen LogP contribution in [0.1, 0.15) is 344 Å². The van der Waals surface area contributed by atoms with E-state index < -0.39 is 78.9 Å². The second kappa shape index (κ2) is 39.0. The minimum atomic E-state index is -4.55. The van der Waals surface area contributed by atoms with Gasteiger partial charge >= 0.3 is 53.8 Å². The predicted molar refractivity (Wildman–Crippen MR) is 430 cm³/mol. The van der Waals surface area contributed by atoms with Gasteiger partial charge in [0, 0.05) is 163 Å². The van der Waals surface area contributed by atoms with E-state index in [1.54, 1.807) is 0 Å². The van der Waals surface area contributed by atoms with Crippen molar-refractivity contribution in [2.24, 2.45) is 17.3 Å². The van der Waals surface area contributed by atoms with Crippen LogP contribution in [-0.2, 0) is 57.2 Å². The van der Waals surface area contributed by atoms with E-state index in [4.69, 9.17) is 28.4 Å². The van der Waals surface area contributed by atoms with Crippen LogP contribution in [-0.4, -0.2) is 211 Å². The molecule has 1 unspecified atom stereocenters. The van der Waals surface area contributed by atoms with Gasteiger partial charge in [-0.1, -0.05) is 48.5 Å². The first-order valence-corrected chi connectivity index (χ1v) is 40.9. The van der Waals surface area contributed by atoms with Crippen molar-refractivity contribution < 1.29 is 96.7 Å². The molecule has 6 fully saturated rings. The third kappa shape index (κ3) is 36.2. The summed E-state index contributed by atoms with van der Waals surface area (Å²) in [5.41, 5.74) is -1.26. The number of piperidine rings is 6. The van der Waals surface area contributed by atoms with Crippen LogP contribution in [0.2, 0.25) is 0 Å². The molecule has 0 aromatic carbocycles. The van der Waals surface area contributed by atoms with E-state index in [9.17, 15) is 68.3 Å². The number of halogens is 9. The monoisotopic (exact) mass is 1640 g/mol. The van der Waals surface area contributed by atoms with Crippen LogP contribution < -0.4 is 10.6 Å². The molecule has 0 aromatic heterocycles. The van der Waals surface area contributed by atoms with Crippen molar-refractivity contribution in [1.82, 2.24) is 30.2 Å². The van der Waals surface area contributed by atoms with Crippen molar-refractivity contribution in [2.45, 2.75) is 471 Å². The fourth-order valence-corrected chi connectivity index (χ4v) is 17.2. The Kier molecular flexibility index (Phi) is 36.9. The molecule has 0 spiro atoms. The lowest BCUT2D eigenvalue weighted by Crippen LogP contribution is -2.60. The summed E-state index contributed by atoms with van der Waals surface area (Å²) in [7, 11) is 8.25. The van der Waals surface area contributed by atoms with E-state index in [1.807, 2.05) is 118 Å². The van der Waals surface area contributed by atoms with E-state index in [-0.39, 0.29) is 108 Å². The number of esters is 6. The zero-order chi connectivity index (χ0) is 89.3. The molecule has 0 saturated carbocycles. The smallest absolute Gasteiger partial charge is 0.401 e.